The van der Waals surface area contributed by atoms with Crippen molar-refractivity contribution >= 4 is 34.0 Å². The monoisotopic (exact) mass is 407 g/mol. The number of H-pyrrole nitrogens is 1. The van der Waals surface area contributed by atoms with Gasteiger partial charge in [0.1, 0.15) is 5.65 Å². The molecule has 0 saturated heterocycles. The Morgan fingerprint density at radius 1 is 1.26 bits per heavy atom. The minimum atomic E-state index is 0.748. The summed E-state index contributed by atoms with van der Waals surface area (Å²) in [7, 11) is 0. The van der Waals surface area contributed by atoms with Gasteiger partial charge >= 0.3 is 0 Å². The zero-order valence-electron chi connectivity index (χ0n) is 17.8. The average Bonchev–Trinajstić information content (AvgIpc) is 3.26. The third-order valence-electron chi connectivity index (χ3n) is 5.19. The number of fused-ring (bicyclic) bond motifs is 1. The zero-order valence-corrected chi connectivity index (χ0v) is 17.8. The van der Waals surface area contributed by atoms with E-state index in [-0.39, 0.29) is 0 Å². The molecule has 3 aromatic heterocycles. The first-order valence-corrected chi connectivity index (χ1v) is 10.3. The summed E-state index contributed by atoms with van der Waals surface area (Å²) >= 11 is 0. The summed E-state index contributed by atoms with van der Waals surface area (Å²) in [6.45, 7) is 8.82. The molecule has 1 aliphatic rings. The number of rotatable bonds is 6. The van der Waals surface area contributed by atoms with Gasteiger partial charge in [0, 0.05) is 71.5 Å². The van der Waals surface area contributed by atoms with E-state index in [4.69, 9.17) is 0 Å². The van der Waals surface area contributed by atoms with Gasteiger partial charge in [0.15, 0.2) is 0 Å². The van der Waals surface area contributed by atoms with Crippen LogP contribution in [0.5, 0.6) is 0 Å². The number of nitrogens with one attached hydrogen (secondary N) is 2. The molecular formula is C26H25N5. The maximum atomic E-state index is 4.54. The third-order valence-corrected chi connectivity index (χ3v) is 5.19. The van der Waals surface area contributed by atoms with Crippen molar-refractivity contribution in [1.82, 2.24) is 20.3 Å². The van der Waals surface area contributed by atoms with Crippen LogP contribution in [0.4, 0.5) is 0 Å². The van der Waals surface area contributed by atoms with Crippen molar-refractivity contribution in [1.29, 1.82) is 0 Å². The fourth-order valence-electron chi connectivity index (χ4n) is 3.71. The fraction of sp³-hybridized carbons (Fsp3) is 0.115. The van der Waals surface area contributed by atoms with Crippen LogP contribution in [0.15, 0.2) is 90.8 Å². The molecule has 0 aromatic carbocycles. The maximum absolute atomic E-state index is 4.54. The third kappa shape index (κ3) is 4.03. The summed E-state index contributed by atoms with van der Waals surface area (Å²) in [6.07, 6.45) is 19.5. The van der Waals surface area contributed by atoms with Crippen molar-refractivity contribution in [3.8, 4) is 0 Å². The molecule has 0 saturated carbocycles. The number of pyridine rings is 2. The minimum Gasteiger partial charge on any atom is -0.361 e. The summed E-state index contributed by atoms with van der Waals surface area (Å²) < 4.78 is 0. The van der Waals surface area contributed by atoms with Gasteiger partial charge in [0.05, 0.1) is 0 Å². The zero-order chi connectivity index (χ0) is 21.6. The van der Waals surface area contributed by atoms with Crippen molar-refractivity contribution in [3.63, 3.8) is 0 Å². The molecule has 0 spiro atoms. The highest BCUT2D eigenvalue weighted by molar-refractivity contribution is 6.16. The van der Waals surface area contributed by atoms with E-state index in [1.54, 1.807) is 6.20 Å². The summed E-state index contributed by atoms with van der Waals surface area (Å²) in [5, 5.41) is 4.43. The first-order valence-electron chi connectivity index (χ1n) is 10.3. The minimum absolute atomic E-state index is 0.748. The Bertz CT molecular complexity index is 1250. The Kier molecular flexibility index (Phi) is 6.03. The van der Waals surface area contributed by atoms with Gasteiger partial charge in [-0.1, -0.05) is 24.8 Å². The van der Waals surface area contributed by atoms with Crippen LogP contribution in [0, 0.1) is 0 Å². The molecule has 2 N–H and O–H groups in total. The van der Waals surface area contributed by atoms with E-state index in [0.717, 1.165) is 56.7 Å². The molecule has 0 unspecified atom stereocenters. The van der Waals surface area contributed by atoms with Crippen LogP contribution < -0.4 is 5.32 Å². The predicted octanol–water partition coefficient (Wildman–Crippen LogP) is 5.55. The molecule has 5 nitrogen and oxygen atoms in total. The average molecular weight is 408 g/mol. The lowest BCUT2D eigenvalue weighted by molar-refractivity contribution is 1.10. The van der Waals surface area contributed by atoms with Crippen LogP contribution >= 0.6 is 0 Å². The molecule has 31 heavy (non-hydrogen) atoms. The van der Waals surface area contributed by atoms with E-state index in [0.29, 0.717) is 0 Å². The first kappa shape index (κ1) is 20.3. The van der Waals surface area contributed by atoms with Crippen LogP contribution in [0.1, 0.15) is 30.5 Å². The van der Waals surface area contributed by atoms with Crippen molar-refractivity contribution < 1.29 is 0 Å². The van der Waals surface area contributed by atoms with Crippen LogP contribution in [0.25, 0.3) is 27.8 Å². The van der Waals surface area contributed by atoms with Gasteiger partial charge in [-0.25, -0.2) is 4.98 Å². The lowest BCUT2D eigenvalue weighted by Crippen LogP contribution is -2.09. The number of hydrogen-bond acceptors (Lipinski definition) is 4. The van der Waals surface area contributed by atoms with Crippen molar-refractivity contribution in [2.75, 3.05) is 6.54 Å². The molecule has 3 aromatic rings. The summed E-state index contributed by atoms with van der Waals surface area (Å²) in [6, 6.07) is 6.00. The quantitative estimate of drug-likeness (QED) is 0.527. The number of dihydropyridines is 1. The molecule has 1 aliphatic heterocycles. The molecule has 0 amide bonds. The smallest absolute Gasteiger partial charge is 0.138 e. The molecule has 154 valence electrons. The maximum Gasteiger partial charge on any atom is 0.138 e. The van der Waals surface area contributed by atoms with Crippen LogP contribution in [0.3, 0.4) is 0 Å². The van der Waals surface area contributed by atoms with Crippen molar-refractivity contribution in [2.24, 2.45) is 4.99 Å². The molecule has 0 atom stereocenters. The highest BCUT2D eigenvalue weighted by atomic mass is 14.9. The van der Waals surface area contributed by atoms with Gasteiger partial charge < -0.3 is 10.3 Å². The van der Waals surface area contributed by atoms with Crippen molar-refractivity contribution in [2.45, 2.75) is 13.8 Å². The predicted molar refractivity (Wildman–Crippen MR) is 130 cm³/mol. The fourth-order valence-corrected chi connectivity index (χ4v) is 3.71. The van der Waals surface area contributed by atoms with Crippen LogP contribution in [-0.4, -0.2) is 27.7 Å². The number of allylic oxidation sites excluding steroid dienone is 7. The number of hydrogen-bond donors (Lipinski definition) is 2. The highest BCUT2D eigenvalue weighted by Gasteiger charge is 2.16. The Hall–Kier alpha value is -3.99. The summed E-state index contributed by atoms with van der Waals surface area (Å²) in [5.41, 5.74) is 8.19. The number of aliphatic imine (C=N–C) groups is 1. The van der Waals surface area contributed by atoms with E-state index >= 15 is 0 Å². The molecule has 0 fully saturated rings. The molecule has 0 aliphatic carbocycles. The highest BCUT2D eigenvalue weighted by Crippen LogP contribution is 2.33. The van der Waals surface area contributed by atoms with Crippen molar-refractivity contribution in [3.05, 3.63) is 102 Å². The lowest BCUT2D eigenvalue weighted by atomic mass is 9.95. The molecular weight excluding hydrogens is 382 g/mol. The van der Waals surface area contributed by atoms with Crippen LogP contribution in [0.2, 0.25) is 0 Å². The Labute approximate surface area is 182 Å². The van der Waals surface area contributed by atoms with Gasteiger partial charge in [-0.15, -0.1) is 0 Å². The number of aromatic amines is 1. The standard InChI is InChI=1S/C26H25N5/c1-4-18(15-27-6-3)22-10-13-30-26-25(22)23(17-31-26)19-9-12-29-24(14-19)21(5-2)20-8-7-11-28-16-20/h4-5,7-17,29H,2,6H2,1,3H3,(H,30,31)/b18-4+,24-21+,27-15?. The van der Waals surface area contributed by atoms with E-state index in [9.17, 15) is 0 Å². The normalized spacial score (nSPS) is 15.8. The van der Waals surface area contributed by atoms with Gasteiger partial charge in [0.2, 0.25) is 0 Å². The largest absolute Gasteiger partial charge is 0.361 e. The van der Waals surface area contributed by atoms with Gasteiger partial charge in [-0.05, 0) is 54.8 Å². The summed E-state index contributed by atoms with van der Waals surface area (Å²) in [4.78, 5) is 16.6. The number of aromatic nitrogens is 3. The lowest BCUT2D eigenvalue weighted by Gasteiger charge is -2.16. The SMILES string of the molecule is C=C/C(=C1/C=C(c2c[nH]c3nccc(/C(C=NCC)=C/C)c23)C=CN1)c1cccnc1. The Morgan fingerprint density at radius 2 is 2.16 bits per heavy atom. The topological polar surface area (TPSA) is 66.0 Å². The van der Waals surface area contributed by atoms with Gasteiger partial charge in [0.25, 0.3) is 0 Å². The van der Waals surface area contributed by atoms with Gasteiger partial charge in [-0.3, -0.25) is 9.98 Å². The number of nitrogens with zero attached hydrogens (tertiary/aromatic N) is 3. The molecule has 4 rings (SSSR count). The second-order valence-electron chi connectivity index (χ2n) is 7.01. The second-order valence-corrected chi connectivity index (χ2v) is 7.01. The molecule has 4 heterocycles. The second kappa shape index (κ2) is 9.22. The Balaban J connectivity index is 1.87. The van der Waals surface area contributed by atoms with E-state index in [1.807, 2.05) is 69.1 Å². The Morgan fingerprint density at radius 3 is 2.90 bits per heavy atom. The molecule has 5 heteroatoms. The van der Waals surface area contributed by atoms with Gasteiger partial charge in [-0.2, -0.15) is 0 Å². The van der Waals surface area contributed by atoms with Crippen LogP contribution in [-0.2, 0) is 0 Å². The first-order chi connectivity index (χ1) is 15.3. The van der Waals surface area contributed by atoms with E-state index in [2.05, 4.69) is 50.1 Å². The molecule has 0 radical (unpaired) electrons. The van der Waals surface area contributed by atoms with E-state index in [1.165, 1.54) is 0 Å². The molecule has 0 bridgehead atoms. The summed E-state index contributed by atoms with van der Waals surface area (Å²) in [5.74, 6) is 0. The van der Waals surface area contributed by atoms with E-state index < -0.39 is 0 Å².